The molecular weight excluding hydrogens is 494 g/mol. The number of carbonyl (C=O) groups excluding carboxylic acids is 2. The van der Waals surface area contributed by atoms with Gasteiger partial charge in [-0.2, -0.15) is 0 Å². The predicted octanol–water partition coefficient (Wildman–Crippen LogP) is 1.94. The maximum Gasteiger partial charge on any atom is 0.259 e. The number of ether oxygens (including phenoxy) is 1. The SMILES string of the molecule is O=C(CN1CCC(OC2CCN(C(=O)c3c(F)cc(-c4ccncn4)cc3F)CC2)CC1)N1CCNCC1. The molecule has 11 heteroatoms. The first-order valence-corrected chi connectivity index (χ1v) is 13.4. The van der Waals surface area contributed by atoms with Crippen LogP contribution in [-0.4, -0.2) is 108 Å². The topological polar surface area (TPSA) is 90.9 Å². The van der Waals surface area contributed by atoms with Crippen molar-refractivity contribution in [3.63, 3.8) is 0 Å². The summed E-state index contributed by atoms with van der Waals surface area (Å²) >= 11 is 0. The Bertz CT molecular complexity index is 1090. The summed E-state index contributed by atoms with van der Waals surface area (Å²) in [7, 11) is 0. The molecule has 0 aliphatic carbocycles. The van der Waals surface area contributed by atoms with Gasteiger partial charge in [-0.15, -0.1) is 0 Å². The standard InChI is InChI=1S/C27H34F2N6O3/c28-22-15-19(24-1-6-31-18-32-24)16-23(29)26(22)27(37)35-11-4-21(5-12-35)38-20-2-9-33(10-3-20)17-25(36)34-13-7-30-8-14-34/h1,6,15-16,18,20-21,30H,2-5,7-14,17H2. The molecule has 1 N–H and O–H groups in total. The van der Waals surface area contributed by atoms with Crippen molar-refractivity contribution in [3.8, 4) is 11.3 Å². The van der Waals surface area contributed by atoms with Gasteiger partial charge in [-0.3, -0.25) is 14.5 Å². The van der Waals surface area contributed by atoms with E-state index in [1.165, 1.54) is 17.4 Å². The van der Waals surface area contributed by atoms with E-state index in [4.69, 9.17) is 4.74 Å². The Morgan fingerprint density at radius 2 is 1.55 bits per heavy atom. The molecule has 3 aliphatic rings. The number of hydrogen-bond donors (Lipinski definition) is 1. The number of nitrogens with one attached hydrogen (secondary N) is 1. The molecule has 3 fully saturated rings. The van der Waals surface area contributed by atoms with Crippen molar-refractivity contribution in [2.75, 3.05) is 58.9 Å². The summed E-state index contributed by atoms with van der Waals surface area (Å²) in [6.45, 7) is 6.12. The van der Waals surface area contributed by atoms with Crippen molar-refractivity contribution in [2.45, 2.75) is 37.9 Å². The number of likely N-dealkylation sites (tertiary alicyclic amines) is 2. The fourth-order valence-corrected chi connectivity index (χ4v) is 5.42. The number of rotatable bonds is 6. The van der Waals surface area contributed by atoms with Crippen LogP contribution in [0.5, 0.6) is 0 Å². The van der Waals surface area contributed by atoms with E-state index in [1.54, 1.807) is 6.07 Å². The van der Waals surface area contributed by atoms with Crippen molar-refractivity contribution in [1.29, 1.82) is 0 Å². The Hall–Kier alpha value is -3.02. The average molecular weight is 529 g/mol. The normalized spacial score (nSPS) is 20.1. The van der Waals surface area contributed by atoms with Crippen molar-refractivity contribution in [2.24, 2.45) is 0 Å². The van der Waals surface area contributed by atoms with Gasteiger partial charge < -0.3 is 19.9 Å². The second-order valence-corrected chi connectivity index (χ2v) is 10.1. The molecule has 0 radical (unpaired) electrons. The van der Waals surface area contributed by atoms with E-state index >= 15 is 0 Å². The number of carbonyl (C=O) groups is 2. The van der Waals surface area contributed by atoms with Gasteiger partial charge in [0, 0.05) is 64.1 Å². The molecule has 9 nitrogen and oxygen atoms in total. The molecule has 2 amide bonds. The second kappa shape index (κ2) is 12.2. The lowest BCUT2D eigenvalue weighted by Gasteiger charge is -2.37. The van der Waals surface area contributed by atoms with Crippen LogP contribution in [0.3, 0.4) is 0 Å². The monoisotopic (exact) mass is 528 g/mol. The van der Waals surface area contributed by atoms with Crippen molar-refractivity contribution < 1.29 is 23.1 Å². The van der Waals surface area contributed by atoms with Gasteiger partial charge >= 0.3 is 0 Å². The number of benzene rings is 1. The Kier molecular flexibility index (Phi) is 8.55. The van der Waals surface area contributed by atoms with Gasteiger partial charge in [0.05, 0.1) is 24.4 Å². The predicted molar refractivity (Wildman–Crippen MR) is 136 cm³/mol. The largest absolute Gasteiger partial charge is 0.375 e. The summed E-state index contributed by atoms with van der Waals surface area (Å²) in [5.41, 5.74) is 0.0990. The van der Waals surface area contributed by atoms with Crippen molar-refractivity contribution >= 4 is 11.8 Å². The fourth-order valence-electron chi connectivity index (χ4n) is 5.42. The van der Waals surface area contributed by atoms with Crippen LogP contribution in [0.4, 0.5) is 8.78 Å². The van der Waals surface area contributed by atoms with Gasteiger partial charge in [-0.05, 0) is 43.9 Å². The highest BCUT2D eigenvalue weighted by molar-refractivity contribution is 5.95. The third-order valence-corrected chi connectivity index (χ3v) is 7.61. The van der Waals surface area contributed by atoms with Crippen LogP contribution in [0.1, 0.15) is 36.0 Å². The zero-order valence-corrected chi connectivity index (χ0v) is 21.5. The Morgan fingerprint density at radius 3 is 2.16 bits per heavy atom. The number of aromatic nitrogens is 2. The lowest BCUT2D eigenvalue weighted by atomic mass is 10.0. The number of halogens is 2. The number of nitrogens with zero attached hydrogens (tertiary/aromatic N) is 5. The quantitative estimate of drug-likeness (QED) is 0.613. The minimum absolute atomic E-state index is 0.00733. The first-order chi connectivity index (χ1) is 18.5. The van der Waals surface area contributed by atoms with Crippen molar-refractivity contribution in [1.82, 2.24) is 30.0 Å². The maximum absolute atomic E-state index is 14.8. The molecule has 1 aromatic carbocycles. The highest BCUT2D eigenvalue weighted by Crippen LogP contribution is 2.26. The summed E-state index contributed by atoms with van der Waals surface area (Å²) in [5, 5.41) is 3.26. The molecule has 3 aliphatic heterocycles. The Labute approximate surface area is 221 Å². The first-order valence-electron chi connectivity index (χ1n) is 13.4. The summed E-state index contributed by atoms with van der Waals surface area (Å²) in [4.78, 5) is 38.9. The number of hydrogen-bond acceptors (Lipinski definition) is 7. The fraction of sp³-hybridized carbons (Fsp3) is 0.556. The van der Waals surface area contributed by atoms with E-state index in [2.05, 4.69) is 20.2 Å². The molecule has 0 saturated carbocycles. The molecule has 204 valence electrons. The minimum Gasteiger partial charge on any atom is -0.375 e. The van der Waals surface area contributed by atoms with E-state index < -0.39 is 23.1 Å². The maximum atomic E-state index is 14.8. The number of piperidine rings is 2. The first kappa shape index (κ1) is 26.6. The zero-order chi connectivity index (χ0) is 26.5. The molecular formula is C27H34F2N6O3. The lowest BCUT2D eigenvalue weighted by Crippen LogP contribution is -2.51. The van der Waals surface area contributed by atoms with Crippen LogP contribution < -0.4 is 5.32 Å². The Balaban J connectivity index is 1.08. The van der Waals surface area contributed by atoms with Gasteiger partial charge in [-0.1, -0.05) is 0 Å². The molecule has 4 heterocycles. The molecule has 3 saturated heterocycles. The van der Waals surface area contributed by atoms with Crippen LogP contribution in [0.15, 0.2) is 30.7 Å². The van der Waals surface area contributed by atoms with Gasteiger partial charge in [0.2, 0.25) is 5.91 Å². The molecule has 5 rings (SSSR count). The van der Waals surface area contributed by atoms with Crippen LogP contribution in [0.2, 0.25) is 0 Å². The van der Waals surface area contributed by atoms with Crippen LogP contribution >= 0.6 is 0 Å². The average Bonchev–Trinajstić information content (AvgIpc) is 2.95. The highest BCUT2D eigenvalue weighted by atomic mass is 19.1. The highest BCUT2D eigenvalue weighted by Gasteiger charge is 2.31. The molecule has 0 spiro atoms. The summed E-state index contributed by atoms with van der Waals surface area (Å²) in [6, 6.07) is 3.83. The molecule has 0 unspecified atom stereocenters. The van der Waals surface area contributed by atoms with E-state index in [0.717, 1.165) is 64.2 Å². The van der Waals surface area contributed by atoms with Gasteiger partial charge in [-0.25, -0.2) is 18.7 Å². The zero-order valence-electron chi connectivity index (χ0n) is 21.5. The van der Waals surface area contributed by atoms with Gasteiger partial charge in [0.1, 0.15) is 23.5 Å². The van der Waals surface area contributed by atoms with Crippen molar-refractivity contribution in [3.05, 3.63) is 47.9 Å². The van der Waals surface area contributed by atoms with E-state index in [-0.39, 0.29) is 23.7 Å². The molecule has 2 aromatic rings. The lowest BCUT2D eigenvalue weighted by molar-refractivity contribution is -0.134. The van der Waals surface area contributed by atoms with Crippen LogP contribution in [0, 0.1) is 11.6 Å². The number of amides is 2. The summed E-state index contributed by atoms with van der Waals surface area (Å²) in [6.07, 6.45) is 5.89. The minimum atomic E-state index is -0.899. The third kappa shape index (κ3) is 6.33. The van der Waals surface area contributed by atoms with E-state index in [9.17, 15) is 18.4 Å². The van der Waals surface area contributed by atoms with Crippen LogP contribution in [-0.2, 0) is 9.53 Å². The smallest absolute Gasteiger partial charge is 0.259 e. The Morgan fingerprint density at radius 1 is 0.921 bits per heavy atom. The van der Waals surface area contributed by atoms with Crippen LogP contribution in [0.25, 0.3) is 11.3 Å². The molecule has 1 aromatic heterocycles. The molecule has 0 atom stereocenters. The molecule has 38 heavy (non-hydrogen) atoms. The summed E-state index contributed by atoms with van der Waals surface area (Å²) < 4.78 is 36.0. The van der Waals surface area contributed by atoms with Gasteiger partial charge in [0.25, 0.3) is 5.91 Å². The summed E-state index contributed by atoms with van der Waals surface area (Å²) in [5.74, 6) is -2.25. The number of piperazine rings is 1. The van der Waals surface area contributed by atoms with E-state index in [0.29, 0.717) is 38.2 Å². The van der Waals surface area contributed by atoms with Gasteiger partial charge in [0.15, 0.2) is 0 Å². The third-order valence-electron chi connectivity index (χ3n) is 7.61. The second-order valence-electron chi connectivity index (χ2n) is 10.1. The molecule has 0 bridgehead atoms. The van der Waals surface area contributed by atoms with E-state index in [1.807, 2.05) is 4.90 Å².